The van der Waals surface area contributed by atoms with Crippen LogP contribution in [0.3, 0.4) is 0 Å². The molecule has 2 N–H and O–H groups in total. The molecule has 2 aromatic rings. The molecule has 0 radical (unpaired) electrons. The number of furan rings is 1. The Balaban J connectivity index is 1.88. The van der Waals surface area contributed by atoms with E-state index in [0.29, 0.717) is 30.0 Å². The summed E-state index contributed by atoms with van der Waals surface area (Å²) in [7, 11) is 0. The second kappa shape index (κ2) is 8.36. The van der Waals surface area contributed by atoms with Crippen molar-refractivity contribution in [1.29, 1.82) is 5.26 Å². The maximum atomic E-state index is 12.2. The molecule has 1 aromatic carbocycles. The number of ether oxygens (including phenoxy) is 1. The third kappa shape index (κ3) is 5.98. The molecule has 1 amide bonds. The molecule has 0 saturated carbocycles. The molecule has 0 fully saturated rings. The van der Waals surface area contributed by atoms with Gasteiger partial charge in [-0.2, -0.15) is 5.26 Å². The molecule has 1 aromatic heterocycles. The van der Waals surface area contributed by atoms with Crippen molar-refractivity contribution < 1.29 is 13.9 Å². The number of amides is 1. The Morgan fingerprint density at radius 1 is 1.28 bits per heavy atom. The van der Waals surface area contributed by atoms with Crippen molar-refractivity contribution in [1.82, 2.24) is 10.6 Å². The van der Waals surface area contributed by atoms with Gasteiger partial charge >= 0.3 is 0 Å². The highest BCUT2D eigenvalue weighted by molar-refractivity contribution is 5.92. The van der Waals surface area contributed by atoms with Crippen molar-refractivity contribution in [3.8, 4) is 11.8 Å². The van der Waals surface area contributed by atoms with Crippen LogP contribution in [0, 0.1) is 11.3 Å². The van der Waals surface area contributed by atoms with Crippen LogP contribution in [0.2, 0.25) is 0 Å². The van der Waals surface area contributed by atoms with E-state index in [9.17, 15) is 4.79 Å². The molecular formula is C19H23N3O3. The third-order valence-electron chi connectivity index (χ3n) is 3.38. The maximum Gasteiger partial charge on any atom is 0.287 e. The lowest BCUT2D eigenvalue weighted by Crippen LogP contribution is -2.41. The molecule has 6 nitrogen and oxygen atoms in total. The van der Waals surface area contributed by atoms with Gasteiger partial charge < -0.3 is 19.8 Å². The number of nitriles is 1. The normalized spacial score (nSPS) is 11.0. The first kappa shape index (κ1) is 18.6. The Morgan fingerprint density at radius 2 is 2.08 bits per heavy atom. The van der Waals surface area contributed by atoms with Crippen LogP contribution in [-0.4, -0.2) is 24.5 Å². The predicted molar refractivity (Wildman–Crippen MR) is 94.3 cm³/mol. The summed E-state index contributed by atoms with van der Waals surface area (Å²) in [5.74, 6) is 0.540. The van der Waals surface area contributed by atoms with Crippen LogP contribution >= 0.6 is 0 Å². The van der Waals surface area contributed by atoms with Crippen molar-refractivity contribution in [3.05, 3.63) is 53.5 Å². The van der Waals surface area contributed by atoms with Crippen LogP contribution in [0.5, 0.6) is 5.75 Å². The first-order chi connectivity index (χ1) is 11.9. The highest BCUT2D eigenvalue weighted by atomic mass is 16.5. The molecule has 2 rings (SSSR count). The lowest BCUT2D eigenvalue weighted by Gasteiger charge is -2.20. The number of carbonyl (C=O) groups excluding carboxylic acids is 1. The van der Waals surface area contributed by atoms with E-state index in [-0.39, 0.29) is 23.8 Å². The molecule has 0 aliphatic carbocycles. The Labute approximate surface area is 147 Å². The average Bonchev–Trinajstić information content (AvgIpc) is 3.04. The number of nitrogens with one attached hydrogen (secondary N) is 2. The van der Waals surface area contributed by atoms with Crippen LogP contribution in [0.25, 0.3) is 0 Å². The number of hydrogen-bond donors (Lipinski definition) is 2. The average molecular weight is 341 g/mol. The summed E-state index contributed by atoms with van der Waals surface area (Å²) >= 11 is 0. The number of rotatable bonds is 7. The predicted octanol–water partition coefficient (Wildman–Crippen LogP) is 2.85. The quantitative estimate of drug-likeness (QED) is 0.756. The summed E-state index contributed by atoms with van der Waals surface area (Å²) in [6, 6.07) is 10.6. The summed E-state index contributed by atoms with van der Waals surface area (Å²) in [4.78, 5) is 12.2. The standard InChI is InChI=1S/C19H23N3O3/c1-19(2,3)22-9-8-21-18(23)17-15(7-10-24-17)13-25-16-6-4-5-14(11-16)12-20/h4-7,10-11,22H,8-9,13H2,1-3H3,(H,21,23). The molecular weight excluding hydrogens is 318 g/mol. The van der Waals surface area contributed by atoms with Gasteiger partial charge in [-0.25, -0.2) is 0 Å². The van der Waals surface area contributed by atoms with Crippen molar-refractivity contribution in [2.75, 3.05) is 13.1 Å². The maximum absolute atomic E-state index is 12.2. The number of nitrogens with zero attached hydrogens (tertiary/aromatic N) is 1. The largest absolute Gasteiger partial charge is 0.489 e. The fraction of sp³-hybridized carbons (Fsp3) is 0.368. The fourth-order valence-corrected chi connectivity index (χ4v) is 2.16. The monoisotopic (exact) mass is 341 g/mol. The molecule has 0 atom stereocenters. The molecule has 0 spiro atoms. The molecule has 1 heterocycles. The van der Waals surface area contributed by atoms with Crippen molar-refractivity contribution in [2.45, 2.75) is 32.9 Å². The van der Waals surface area contributed by atoms with E-state index in [1.54, 1.807) is 30.3 Å². The van der Waals surface area contributed by atoms with Gasteiger partial charge in [0.05, 0.1) is 17.9 Å². The van der Waals surface area contributed by atoms with Gasteiger partial charge in [-0.1, -0.05) is 6.07 Å². The summed E-state index contributed by atoms with van der Waals surface area (Å²) < 4.78 is 10.9. The summed E-state index contributed by atoms with van der Waals surface area (Å²) in [5, 5.41) is 15.0. The molecule has 25 heavy (non-hydrogen) atoms. The van der Waals surface area contributed by atoms with Crippen LogP contribution < -0.4 is 15.4 Å². The Morgan fingerprint density at radius 3 is 2.80 bits per heavy atom. The summed E-state index contributed by atoms with van der Waals surface area (Å²) in [6.45, 7) is 7.56. The van der Waals surface area contributed by atoms with Crippen molar-refractivity contribution >= 4 is 5.91 Å². The second-order valence-corrected chi connectivity index (χ2v) is 6.64. The summed E-state index contributed by atoms with van der Waals surface area (Å²) in [5.41, 5.74) is 1.18. The van der Waals surface area contributed by atoms with E-state index in [1.807, 2.05) is 0 Å². The topological polar surface area (TPSA) is 87.3 Å². The van der Waals surface area contributed by atoms with E-state index < -0.39 is 0 Å². The van der Waals surface area contributed by atoms with Crippen LogP contribution in [0.4, 0.5) is 0 Å². The zero-order valence-electron chi connectivity index (χ0n) is 14.8. The van der Waals surface area contributed by atoms with Crippen molar-refractivity contribution in [2.24, 2.45) is 0 Å². The minimum atomic E-state index is -0.273. The van der Waals surface area contributed by atoms with E-state index in [0.717, 1.165) is 0 Å². The number of benzene rings is 1. The zero-order chi connectivity index (χ0) is 18.3. The second-order valence-electron chi connectivity index (χ2n) is 6.64. The van der Waals surface area contributed by atoms with E-state index in [2.05, 4.69) is 37.5 Å². The number of carbonyl (C=O) groups is 1. The van der Waals surface area contributed by atoms with Gasteiger partial charge in [0.2, 0.25) is 0 Å². The molecule has 132 valence electrons. The van der Waals surface area contributed by atoms with E-state index >= 15 is 0 Å². The SMILES string of the molecule is CC(C)(C)NCCNC(=O)c1occc1COc1cccc(C#N)c1. The molecule has 0 bridgehead atoms. The van der Waals surface area contributed by atoms with Crippen molar-refractivity contribution in [3.63, 3.8) is 0 Å². The van der Waals surface area contributed by atoms with E-state index in [1.165, 1.54) is 6.26 Å². The zero-order valence-corrected chi connectivity index (χ0v) is 14.8. The van der Waals surface area contributed by atoms with Gasteiger partial charge in [-0.15, -0.1) is 0 Å². The molecule has 0 saturated heterocycles. The first-order valence-electron chi connectivity index (χ1n) is 8.11. The molecule has 0 aliphatic rings. The Bertz CT molecular complexity index is 754. The first-order valence-corrected chi connectivity index (χ1v) is 8.11. The molecule has 6 heteroatoms. The van der Waals surface area contributed by atoms with Gasteiger partial charge in [0.1, 0.15) is 12.4 Å². The van der Waals surface area contributed by atoms with Gasteiger partial charge in [0.15, 0.2) is 5.76 Å². The molecule has 0 unspecified atom stereocenters. The van der Waals surface area contributed by atoms with Crippen LogP contribution in [0.1, 0.15) is 42.5 Å². The summed E-state index contributed by atoms with van der Waals surface area (Å²) in [6.07, 6.45) is 1.46. The van der Waals surface area contributed by atoms with Gasteiger partial charge in [-0.3, -0.25) is 4.79 Å². The minimum Gasteiger partial charge on any atom is -0.489 e. The number of hydrogen-bond acceptors (Lipinski definition) is 5. The van der Waals surface area contributed by atoms with Gasteiger partial charge in [0.25, 0.3) is 5.91 Å². The lowest BCUT2D eigenvalue weighted by molar-refractivity contribution is 0.0922. The van der Waals surface area contributed by atoms with Crippen LogP contribution in [-0.2, 0) is 6.61 Å². The minimum absolute atomic E-state index is 0.00632. The Kier molecular flexibility index (Phi) is 6.20. The fourth-order valence-electron chi connectivity index (χ4n) is 2.16. The highest BCUT2D eigenvalue weighted by Crippen LogP contribution is 2.17. The highest BCUT2D eigenvalue weighted by Gasteiger charge is 2.16. The van der Waals surface area contributed by atoms with E-state index in [4.69, 9.17) is 14.4 Å². The third-order valence-corrected chi connectivity index (χ3v) is 3.38. The lowest BCUT2D eigenvalue weighted by atomic mass is 10.1. The molecule has 0 aliphatic heterocycles. The Hall–Kier alpha value is -2.78. The van der Waals surface area contributed by atoms with Gasteiger partial charge in [-0.05, 0) is 45.0 Å². The van der Waals surface area contributed by atoms with Crippen LogP contribution in [0.15, 0.2) is 41.0 Å². The van der Waals surface area contributed by atoms with Gasteiger partial charge in [0, 0.05) is 24.2 Å². The smallest absolute Gasteiger partial charge is 0.287 e.